The van der Waals surface area contributed by atoms with E-state index in [-0.39, 0.29) is 12.5 Å². The number of hydrogen-bond acceptors (Lipinski definition) is 3. The third-order valence-corrected chi connectivity index (χ3v) is 4.28. The highest BCUT2D eigenvalue weighted by molar-refractivity contribution is 5.85. The standard InChI is InChI=1S/C21H19FN2O2/c1-3-4-15(11-12-25)16-7-9-18(10-8-16)26-13-17-6-5-14(2)20-19(17)21(22)24-23-20/h5-10,12,15H,11,13H2,1-2H3,(H,23,24)/t15-/m0/s1. The second kappa shape index (κ2) is 7.83. The first-order chi connectivity index (χ1) is 12.6. The molecule has 0 fully saturated rings. The predicted molar refractivity (Wildman–Crippen MR) is 98.4 cm³/mol. The predicted octanol–water partition coefficient (Wildman–Crippen LogP) is 4.29. The van der Waals surface area contributed by atoms with Crippen molar-refractivity contribution in [3.8, 4) is 17.6 Å². The van der Waals surface area contributed by atoms with E-state index < -0.39 is 5.95 Å². The average molecular weight is 350 g/mol. The SMILES string of the molecule is CC#C[C@@H](CC=O)c1ccc(OCc2ccc(C)c3n[nH]c(F)c23)cc1. The van der Waals surface area contributed by atoms with E-state index in [1.807, 2.05) is 43.3 Å². The van der Waals surface area contributed by atoms with Crippen LogP contribution in [-0.4, -0.2) is 16.5 Å². The van der Waals surface area contributed by atoms with Gasteiger partial charge in [-0.05, 0) is 37.1 Å². The van der Waals surface area contributed by atoms with E-state index in [0.717, 1.165) is 23.0 Å². The number of aryl methyl sites for hydroxylation is 1. The monoisotopic (exact) mass is 350 g/mol. The fourth-order valence-electron chi connectivity index (χ4n) is 2.91. The molecule has 4 nitrogen and oxygen atoms in total. The normalized spacial score (nSPS) is 11.7. The average Bonchev–Trinajstić information content (AvgIpc) is 3.05. The van der Waals surface area contributed by atoms with Gasteiger partial charge in [-0.3, -0.25) is 5.10 Å². The summed E-state index contributed by atoms with van der Waals surface area (Å²) in [5, 5.41) is 6.85. The molecular weight excluding hydrogens is 331 g/mol. The van der Waals surface area contributed by atoms with Crippen LogP contribution in [0.5, 0.6) is 5.75 Å². The van der Waals surface area contributed by atoms with Gasteiger partial charge in [0.2, 0.25) is 5.95 Å². The van der Waals surface area contributed by atoms with Crippen molar-refractivity contribution in [2.24, 2.45) is 0 Å². The fourth-order valence-corrected chi connectivity index (χ4v) is 2.91. The Morgan fingerprint density at radius 2 is 2.04 bits per heavy atom. The topological polar surface area (TPSA) is 55.0 Å². The highest BCUT2D eigenvalue weighted by atomic mass is 19.1. The largest absolute Gasteiger partial charge is 0.489 e. The smallest absolute Gasteiger partial charge is 0.217 e. The Morgan fingerprint density at radius 1 is 1.27 bits per heavy atom. The highest BCUT2D eigenvalue weighted by Gasteiger charge is 2.13. The lowest BCUT2D eigenvalue weighted by atomic mass is 9.97. The van der Waals surface area contributed by atoms with Gasteiger partial charge in [-0.15, -0.1) is 5.92 Å². The van der Waals surface area contributed by atoms with Crippen LogP contribution in [-0.2, 0) is 11.4 Å². The summed E-state index contributed by atoms with van der Waals surface area (Å²) < 4.78 is 19.8. The van der Waals surface area contributed by atoms with Gasteiger partial charge >= 0.3 is 0 Å². The van der Waals surface area contributed by atoms with Gasteiger partial charge in [0.15, 0.2) is 0 Å². The van der Waals surface area contributed by atoms with Crippen molar-refractivity contribution in [2.45, 2.75) is 32.8 Å². The summed E-state index contributed by atoms with van der Waals surface area (Å²) in [5.41, 5.74) is 3.23. The Kier molecular flexibility index (Phi) is 5.33. The van der Waals surface area contributed by atoms with Crippen LogP contribution in [0.25, 0.3) is 10.9 Å². The second-order valence-corrected chi connectivity index (χ2v) is 6.01. The number of fused-ring (bicyclic) bond motifs is 1. The van der Waals surface area contributed by atoms with Crippen LogP contribution in [0, 0.1) is 24.7 Å². The number of benzene rings is 2. The first-order valence-electron chi connectivity index (χ1n) is 8.34. The van der Waals surface area contributed by atoms with E-state index >= 15 is 0 Å². The van der Waals surface area contributed by atoms with E-state index in [1.165, 1.54) is 0 Å². The Bertz CT molecular complexity index is 981. The molecule has 132 valence electrons. The van der Waals surface area contributed by atoms with E-state index in [1.54, 1.807) is 6.92 Å². The van der Waals surface area contributed by atoms with Gasteiger partial charge in [0.05, 0.1) is 16.8 Å². The number of nitrogens with one attached hydrogen (secondary N) is 1. The van der Waals surface area contributed by atoms with Crippen LogP contribution in [0.4, 0.5) is 4.39 Å². The zero-order valence-electron chi connectivity index (χ0n) is 14.7. The zero-order chi connectivity index (χ0) is 18.5. The summed E-state index contributed by atoms with van der Waals surface area (Å²) in [6, 6.07) is 11.2. The van der Waals surface area contributed by atoms with Crippen LogP contribution in [0.2, 0.25) is 0 Å². The number of aromatic amines is 1. The molecule has 1 N–H and O–H groups in total. The number of nitrogens with zero attached hydrogens (tertiary/aromatic N) is 1. The summed E-state index contributed by atoms with van der Waals surface area (Å²) in [4.78, 5) is 10.8. The Balaban J connectivity index is 1.76. The molecule has 2 aromatic carbocycles. The molecule has 1 atom stereocenters. The molecule has 0 aliphatic heterocycles. The summed E-state index contributed by atoms with van der Waals surface area (Å²) in [7, 11) is 0. The van der Waals surface area contributed by atoms with E-state index in [9.17, 15) is 9.18 Å². The van der Waals surface area contributed by atoms with Crippen LogP contribution in [0.15, 0.2) is 36.4 Å². The number of halogens is 1. The maximum absolute atomic E-state index is 14.0. The van der Waals surface area contributed by atoms with Gasteiger partial charge < -0.3 is 9.53 Å². The number of aromatic nitrogens is 2. The lowest BCUT2D eigenvalue weighted by Gasteiger charge is -2.11. The summed E-state index contributed by atoms with van der Waals surface area (Å²) >= 11 is 0. The Labute approximate surface area is 151 Å². The van der Waals surface area contributed by atoms with Crippen molar-refractivity contribution in [1.29, 1.82) is 0 Å². The molecule has 0 spiro atoms. The number of aldehydes is 1. The molecule has 0 amide bonds. The second-order valence-electron chi connectivity index (χ2n) is 6.01. The molecule has 0 saturated heterocycles. The number of hydrogen-bond donors (Lipinski definition) is 1. The maximum Gasteiger partial charge on any atom is 0.217 e. The molecule has 26 heavy (non-hydrogen) atoms. The first kappa shape index (κ1) is 17.7. The van der Waals surface area contributed by atoms with Gasteiger partial charge in [-0.1, -0.05) is 30.2 Å². The van der Waals surface area contributed by atoms with Crippen molar-refractivity contribution in [1.82, 2.24) is 10.2 Å². The Morgan fingerprint density at radius 3 is 2.73 bits per heavy atom. The minimum Gasteiger partial charge on any atom is -0.489 e. The molecule has 0 unspecified atom stereocenters. The highest BCUT2D eigenvalue weighted by Crippen LogP contribution is 2.25. The fraction of sp³-hybridized carbons (Fsp3) is 0.238. The molecule has 0 saturated carbocycles. The van der Waals surface area contributed by atoms with Crippen molar-refractivity contribution >= 4 is 17.2 Å². The molecule has 1 aromatic heterocycles. The lowest BCUT2D eigenvalue weighted by Crippen LogP contribution is -1.99. The van der Waals surface area contributed by atoms with E-state index in [4.69, 9.17) is 4.74 Å². The molecule has 0 bridgehead atoms. The van der Waals surface area contributed by atoms with Crippen LogP contribution >= 0.6 is 0 Å². The van der Waals surface area contributed by atoms with Crippen molar-refractivity contribution in [3.63, 3.8) is 0 Å². The molecular formula is C21H19FN2O2. The van der Waals surface area contributed by atoms with Crippen molar-refractivity contribution in [2.75, 3.05) is 0 Å². The van der Waals surface area contributed by atoms with Gasteiger partial charge in [0.1, 0.15) is 18.6 Å². The number of H-pyrrole nitrogens is 1. The van der Waals surface area contributed by atoms with Crippen LogP contribution in [0.3, 0.4) is 0 Å². The van der Waals surface area contributed by atoms with E-state index in [2.05, 4.69) is 22.0 Å². The first-order valence-corrected chi connectivity index (χ1v) is 8.34. The quantitative estimate of drug-likeness (QED) is 0.533. The van der Waals surface area contributed by atoms with Crippen LogP contribution < -0.4 is 4.74 Å². The van der Waals surface area contributed by atoms with Crippen LogP contribution in [0.1, 0.15) is 36.0 Å². The lowest BCUT2D eigenvalue weighted by molar-refractivity contribution is -0.107. The molecule has 3 rings (SSSR count). The third kappa shape index (κ3) is 3.60. The van der Waals surface area contributed by atoms with Gasteiger partial charge in [0.25, 0.3) is 0 Å². The number of ether oxygens (including phenoxy) is 1. The van der Waals surface area contributed by atoms with Gasteiger partial charge in [-0.25, -0.2) is 0 Å². The third-order valence-electron chi connectivity index (χ3n) is 4.28. The number of carbonyl (C=O) groups excluding carboxylic acids is 1. The summed E-state index contributed by atoms with van der Waals surface area (Å²) in [6.45, 7) is 3.88. The summed E-state index contributed by atoms with van der Waals surface area (Å²) in [6.07, 6.45) is 1.24. The Hall–Kier alpha value is -3.13. The van der Waals surface area contributed by atoms with Crippen molar-refractivity contribution in [3.05, 3.63) is 59.0 Å². The van der Waals surface area contributed by atoms with Gasteiger partial charge in [-0.2, -0.15) is 9.49 Å². The minimum absolute atomic E-state index is 0.108. The van der Waals surface area contributed by atoms with Crippen molar-refractivity contribution < 1.29 is 13.9 Å². The molecule has 5 heteroatoms. The summed E-state index contributed by atoms with van der Waals surface area (Å²) in [5.74, 6) is 5.99. The number of rotatable bonds is 6. The molecule has 1 heterocycles. The maximum atomic E-state index is 14.0. The molecule has 0 aliphatic rings. The number of carbonyl (C=O) groups is 1. The molecule has 3 aromatic rings. The molecule has 0 aliphatic carbocycles. The molecule has 0 radical (unpaired) electrons. The zero-order valence-corrected chi connectivity index (χ0v) is 14.7. The van der Waals surface area contributed by atoms with E-state index in [0.29, 0.717) is 23.1 Å². The van der Waals surface area contributed by atoms with Gasteiger partial charge in [0, 0.05) is 12.0 Å². The minimum atomic E-state index is -0.451.